The van der Waals surface area contributed by atoms with Crippen LogP contribution in [0.3, 0.4) is 0 Å². The van der Waals surface area contributed by atoms with Crippen LogP contribution in [-0.2, 0) is 9.53 Å². The maximum atomic E-state index is 13.3. The van der Waals surface area contributed by atoms with E-state index in [2.05, 4.69) is 33.4 Å². The fraction of sp³-hybridized carbons (Fsp3) is 0.409. The number of nitrogens with one attached hydrogen (secondary N) is 1. The van der Waals surface area contributed by atoms with Gasteiger partial charge in [-0.15, -0.1) is 4.91 Å². The second-order valence-electron chi connectivity index (χ2n) is 7.82. The van der Waals surface area contributed by atoms with Gasteiger partial charge in [0.1, 0.15) is 11.5 Å². The lowest BCUT2D eigenvalue weighted by atomic mass is 9.98. The average molecular weight is 442 g/mol. The smallest absolute Gasteiger partial charge is 0.253 e. The first kappa shape index (κ1) is 21.5. The standard InChI is InChI=1S/C22H27N5O3S/c1-15-14-25(2)22(31-15)23-20-13-17(21(28)27-7-9-30-10-8-27)12-19(26(20)3)16-5-4-6-18(11-16)24-29/h4-6,11-14,19,22-23H,7-10H2,1-3H3. The van der Waals surface area contributed by atoms with Crippen LogP contribution >= 0.6 is 11.8 Å². The van der Waals surface area contributed by atoms with Gasteiger partial charge in [-0.05, 0) is 41.9 Å². The van der Waals surface area contributed by atoms with Gasteiger partial charge in [-0.1, -0.05) is 23.9 Å². The second kappa shape index (κ2) is 9.15. The van der Waals surface area contributed by atoms with Gasteiger partial charge in [0.25, 0.3) is 5.91 Å². The van der Waals surface area contributed by atoms with E-state index in [1.165, 1.54) is 4.91 Å². The minimum absolute atomic E-state index is 0.00731. The van der Waals surface area contributed by atoms with Gasteiger partial charge < -0.3 is 24.8 Å². The van der Waals surface area contributed by atoms with E-state index in [-0.39, 0.29) is 17.4 Å². The van der Waals surface area contributed by atoms with Crippen LogP contribution in [0.25, 0.3) is 0 Å². The number of carbonyl (C=O) groups is 1. The van der Waals surface area contributed by atoms with Gasteiger partial charge in [-0.25, -0.2) is 0 Å². The van der Waals surface area contributed by atoms with Crippen molar-refractivity contribution >= 4 is 23.4 Å². The van der Waals surface area contributed by atoms with Crippen molar-refractivity contribution in [2.45, 2.75) is 18.5 Å². The van der Waals surface area contributed by atoms with E-state index in [1.54, 1.807) is 23.9 Å². The van der Waals surface area contributed by atoms with Crippen LogP contribution in [-0.4, -0.2) is 66.5 Å². The maximum Gasteiger partial charge on any atom is 0.253 e. The molecule has 0 bridgehead atoms. The van der Waals surface area contributed by atoms with Gasteiger partial charge in [0.15, 0.2) is 5.50 Å². The Bertz CT molecular complexity index is 954. The first-order valence-electron chi connectivity index (χ1n) is 10.3. The van der Waals surface area contributed by atoms with Crippen LogP contribution in [0.15, 0.2) is 64.1 Å². The molecule has 2 unspecified atom stereocenters. The summed E-state index contributed by atoms with van der Waals surface area (Å²) >= 11 is 1.73. The van der Waals surface area contributed by atoms with Gasteiger partial charge in [0, 0.05) is 43.9 Å². The van der Waals surface area contributed by atoms with E-state index in [0.717, 1.165) is 11.4 Å². The summed E-state index contributed by atoms with van der Waals surface area (Å²) in [5.74, 6) is 0.841. The van der Waals surface area contributed by atoms with E-state index >= 15 is 0 Å². The SMILES string of the molecule is CC1=CN(C)C(NC2=CC(C(=O)N3CCOCC3)=CC(c3cccc(N=O)c3)N2C)S1. The number of thioether (sulfide) groups is 1. The van der Waals surface area contributed by atoms with Gasteiger partial charge in [0.05, 0.1) is 19.3 Å². The number of rotatable bonds is 5. The average Bonchev–Trinajstić information content (AvgIpc) is 3.11. The molecule has 0 saturated carbocycles. The third kappa shape index (κ3) is 4.62. The van der Waals surface area contributed by atoms with Crippen molar-refractivity contribution in [1.82, 2.24) is 20.0 Å². The normalized spacial score (nSPS) is 23.8. The fourth-order valence-corrected chi connectivity index (χ4v) is 4.93. The van der Waals surface area contributed by atoms with Crippen molar-refractivity contribution in [3.8, 4) is 0 Å². The summed E-state index contributed by atoms with van der Waals surface area (Å²) < 4.78 is 5.40. The highest BCUT2D eigenvalue weighted by atomic mass is 32.2. The highest BCUT2D eigenvalue weighted by molar-refractivity contribution is 8.03. The van der Waals surface area contributed by atoms with Crippen molar-refractivity contribution in [2.24, 2.45) is 5.18 Å². The van der Waals surface area contributed by atoms with Crippen LogP contribution in [0.5, 0.6) is 0 Å². The molecule has 0 aromatic heterocycles. The van der Waals surface area contributed by atoms with E-state index < -0.39 is 0 Å². The molecule has 9 heteroatoms. The van der Waals surface area contributed by atoms with Crippen molar-refractivity contribution < 1.29 is 9.53 Å². The monoisotopic (exact) mass is 441 g/mol. The molecule has 1 fully saturated rings. The van der Waals surface area contributed by atoms with Crippen molar-refractivity contribution in [3.63, 3.8) is 0 Å². The number of carbonyl (C=O) groups excluding carboxylic acids is 1. The molecule has 0 spiro atoms. The zero-order valence-corrected chi connectivity index (χ0v) is 18.8. The Kier molecular flexibility index (Phi) is 6.33. The van der Waals surface area contributed by atoms with Crippen LogP contribution in [0.4, 0.5) is 5.69 Å². The Hall–Kier alpha value is -2.78. The topological polar surface area (TPSA) is 77.5 Å². The summed E-state index contributed by atoms with van der Waals surface area (Å²) in [6.07, 6.45) is 5.97. The first-order valence-corrected chi connectivity index (χ1v) is 11.1. The Morgan fingerprint density at radius 3 is 2.71 bits per heavy atom. The number of nitroso groups, excluding NO2 is 1. The molecule has 1 N–H and O–H groups in total. The zero-order valence-electron chi connectivity index (χ0n) is 17.9. The molecular formula is C22H27N5O3S. The number of amides is 1. The second-order valence-corrected chi connectivity index (χ2v) is 9.14. The molecule has 1 amide bonds. The van der Waals surface area contributed by atoms with Gasteiger partial charge in [0.2, 0.25) is 0 Å². The Labute approximate surface area is 186 Å². The molecule has 1 aromatic rings. The van der Waals surface area contributed by atoms with Gasteiger partial charge in [-0.3, -0.25) is 4.79 Å². The lowest BCUT2D eigenvalue weighted by molar-refractivity contribution is -0.130. The summed E-state index contributed by atoms with van der Waals surface area (Å²) in [6, 6.07) is 7.01. The number of nitrogens with zero attached hydrogens (tertiary/aromatic N) is 4. The molecule has 1 aromatic carbocycles. The minimum atomic E-state index is -0.208. The molecule has 8 nitrogen and oxygen atoms in total. The lowest BCUT2D eigenvalue weighted by Gasteiger charge is -2.37. The predicted molar refractivity (Wildman–Crippen MR) is 122 cm³/mol. The van der Waals surface area contributed by atoms with Gasteiger partial charge >= 0.3 is 0 Å². The number of morpholine rings is 1. The summed E-state index contributed by atoms with van der Waals surface area (Å²) in [7, 11) is 4.01. The van der Waals surface area contributed by atoms with Crippen molar-refractivity contribution in [2.75, 3.05) is 40.4 Å². The van der Waals surface area contributed by atoms with E-state index in [4.69, 9.17) is 4.74 Å². The number of benzene rings is 1. The number of allylic oxidation sites excluding steroid dienone is 1. The maximum absolute atomic E-state index is 13.3. The van der Waals surface area contributed by atoms with Crippen molar-refractivity contribution in [3.05, 3.63) is 69.4 Å². The van der Waals surface area contributed by atoms with Crippen LogP contribution in [0, 0.1) is 4.91 Å². The Morgan fingerprint density at radius 2 is 2.03 bits per heavy atom. The highest BCUT2D eigenvalue weighted by Crippen LogP contribution is 2.35. The molecule has 3 aliphatic heterocycles. The molecule has 1 saturated heterocycles. The van der Waals surface area contributed by atoms with Crippen LogP contribution in [0.1, 0.15) is 18.5 Å². The van der Waals surface area contributed by atoms with Crippen LogP contribution in [0.2, 0.25) is 0 Å². The van der Waals surface area contributed by atoms with E-state index in [1.807, 2.05) is 43.3 Å². The summed E-state index contributed by atoms with van der Waals surface area (Å²) in [6.45, 7) is 4.36. The largest absolute Gasteiger partial charge is 0.378 e. The summed E-state index contributed by atoms with van der Waals surface area (Å²) in [5, 5.41) is 6.64. The molecule has 3 heterocycles. The molecule has 0 aliphatic carbocycles. The first-order chi connectivity index (χ1) is 15.0. The third-order valence-corrected chi connectivity index (χ3v) is 6.76. The molecule has 164 valence electrons. The highest BCUT2D eigenvalue weighted by Gasteiger charge is 2.30. The van der Waals surface area contributed by atoms with Crippen molar-refractivity contribution in [1.29, 1.82) is 0 Å². The number of likely N-dealkylation sites (N-methyl/N-ethyl adjacent to an activating group) is 1. The fourth-order valence-electron chi connectivity index (χ4n) is 3.94. The van der Waals surface area contributed by atoms with Crippen LogP contribution < -0.4 is 5.32 Å². The molecule has 2 atom stereocenters. The third-order valence-electron chi connectivity index (χ3n) is 5.61. The molecule has 4 rings (SSSR count). The number of hydrogen-bond acceptors (Lipinski definition) is 8. The number of ether oxygens (including phenoxy) is 1. The number of hydrogen-bond donors (Lipinski definition) is 1. The Morgan fingerprint density at radius 1 is 1.26 bits per heavy atom. The molecule has 3 aliphatic rings. The van der Waals surface area contributed by atoms with Gasteiger partial charge in [-0.2, -0.15) is 0 Å². The molecular weight excluding hydrogens is 414 g/mol. The van der Waals surface area contributed by atoms with E-state index in [0.29, 0.717) is 37.6 Å². The Balaban J connectivity index is 1.66. The molecule has 31 heavy (non-hydrogen) atoms. The lowest BCUT2D eigenvalue weighted by Crippen LogP contribution is -2.44. The molecule has 0 radical (unpaired) electrons. The predicted octanol–water partition coefficient (Wildman–Crippen LogP) is 3.11. The quantitative estimate of drug-likeness (QED) is 0.704. The summed E-state index contributed by atoms with van der Waals surface area (Å²) in [4.78, 5) is 31.6. The van der Waals surface area contributed by atoms with E-state index in [9.17, 15) is 9.70 Å². The zero-order chi connectivity index (χ0) is 22.0. The minimum Gasteiger partial charge on any atom is -0.378 e. The summed E-state index contributed by atoms with van der Waals surface area (Å²) in [5.41, 5.74) is 1.94.